The molecule has 1 aromatic heterocycles. The molecule has 228 valence electrons. The summed E-state index contributed by atoms with van der Waals surface area (Å²) in [5.74, 6) is 6.20. The monoisotopic (exact) mass is 608 g/mol. The Bertz CT molecular complexity index is 1380. The number of aromatic nitrogens is 1. The molecule has 1 aliphatic heterocycles. The molecule has 13 heteroatoms. The summed E-state index contributed by atoms with van der Waals surface area (Å²) in [6.45, 7) is 0.0684. The molecule has 3 aromatic rings. The fourth-order valence-electron chi connectivity index (χ4n) is 4.78. The first-order valence-electron chi connectivity index (χ1n) is 13.6. The zero-order chi connectivity index (χ0) is 30.1. The summed E-state index contributed by atoms with van der Waals surface area (Å²) < 4.78 is 67.0. The third-order valence-corrected chi connectivity index (χ3v) is 8.25. The van der Waals surface area contributed by atoms with Crippen LogP contribution in [0.3, 0.4) is 0 Å². The number of aliphatic hydroxyl groups is 2. The summed E-state index contributed by atoms with van der Waals surface area (Å²) in [5, 5.41) is 25.7. The molecule has 0 radical (unpaired) electrons. The number of nitrogens with one attached hydrogen (secondary N) is 2. The van der Waals surface area contributed by atoms with Crippen LogP contribution in [0, 0.1) is 11.8 Å². The number of nitrogens with zero attached hydrogens (tertiary/aromatic N) is 2. The van der Waals surface area contributed by atoms with Crippen molar-refractivity contribution in [3.63, 3.8) is 0 Å². The highest BCUT2D eigenvalue weighted by Crippen LogP contribution is 2.32. The average Bonchev–Trinajstić information content (AvgIpc) is 3.32. The molecule has 1 saturated heterocycles. The maximum absolute atomic E-state index is 13.5. The van der Waals surface area contributed by atoms with Gasteiger partial charge in [-0.3, -0.25) is 0 Å². The van der Waals surface area contributed by atoms with Crippen molar-refractivity contribution in [2.45, 2.75) is 36.5 Å². The highest BCUT2D eigenvalue weighted by Gasteiger charge is 2.30. The van der Waals surface area contributed by atoms with Crippen LogP contribution >= 0.6 is 0 Å². The van der Waals surface area contributed by atoms with Gasteiger partial charge in [0.2, 0.25) is 0 Å². The van der Waals surface area contributed by atoms with Crippen LogP contribution in [0.5, 0.6) is 5.75 Å². The Morgan fingerprint density at radius 1 is 1.12 bits per heavy atom. The van der Waals surface area contributed by atoms with E-state index in [4.69, 9.17) is 9.47 Å². The minimum atomic E-state index is -4.43. The minimum Gasteiger partial charge on any atom is -0.593 e. The van der Waals surface area contributed by atoms with E-state index < -0.39 is 24.1 Å². The molecule has 0 aliphatic carbocycles. The van der Waals surface area contributed by atoms with Crippen LogP contribution in [0.15, 0.2) is 47.4 Å². The third kappa shape index (κ3) is 8.25. The van der Waals surface area contributed by atoms with E-state index in [1.807, 2.05) is 6.07 Å². The predicted molar refractivity (Wildman–Crippen MR) is 156 cm³/mol. The van der Waals surface area contributed by atoms with Crippen LogP contribution in [0.1, 0.15) is 18.5 Å². The van der Waals surface area contributed by atoms with E-state index in [9.17, 15) is 27.9 Å². The lowest BCUT2D eigenvalue weighted by molar-refractivity contribution is -0.140. The molecule has 42 heavy (non-hydrogen) atoms. The highest BCUT2D eigenvalue weighted by molar-refractivity contribution is 7.89. The minimum absolute atomic E-state index is 0.112. The second-order valence-corrected chi connectivity index (χ2v) is 11.1. The Balaban J connectivity index is 1.54. The van der Waals surface area contributed by atoms with Crippen molar-refractivity contribution in [1.82, 2.24) is 8.87 Å². The summed E-state index contributed by atoms with van der Waals surface area (Å²) in [6.07, 6.45) is -2.78. The Morgan fingerprint density at radius 2 is 1.86 bits per heavy atom. The molecular formula is C29H35F3N4O5S. The molecule has 2 aromatic carbocycles. The topological polar surface area (TPSA) is 114 Å². The van der Waals surface area contributed by atoms with E-state index in [-0.39, 0.29) is 44.6 Å². The number of hydrogen-bond acceptors (Lipinski definition) is 8. The van der Waals surface area contributed by atoms with Crippen LogP contribution < -0.4 is 15.4 Å². The zero-order valence-electron chi connectivity index (χ0n) is 23.2. The summed E-state index contributed by atoms with van der Waals surface area (Å²) in [5.41, 5.74) is 2.02. The van der Waals surface area contributed by atoms with Gasteiger partial charge in [0.25, 0.3) is 0 Å². The molecule has 1 aliphatic rings. The average molecular weight is 609 g/mol. The van der Waals surface area contributed by atoms with Gasteiger partial charge in [0.1, 0.15) is 12.3 Å². The van der Waals surface area contributed by atoms with E-state index in [2.05, 4.69) is 22.5 Å². The van der Waals surface area contributed by atoms with Gasteiger partial charge in [0.15, 0.2) is 4.90 Å². The van der Waals surface area contributed by atoms with Crippen molar-refractivity contribution in [2.75, 3.05) is 63.8 Å². The van der Waals surface area contributed by atoms with Crippen molar-refractivity contribution in [2.24, 2.45) is 0 Å². The molecule has 1 unspecified atom stereocenters. The fraction of sp³-hybridized carbons (Fsp3) is 0.448. The number of ether oxygens (including phenoxy) is 2. The summed E-state index contributed by atoms with van der Waals surface area (Å²) in [4.78, 5) is 0.423. The van der Waals surface area contributed by atoms with Crippen LogP contribution in [0.25, 0.3) is 10.9 Å². The second kappa shape index (κ2) is 14.9. The van der Waals surface area contributed by atoms with E-state index in [1.54, 1.807) is 36.4 Å². The lowest BCUT2D eigenvalue weighted by Crippen LogP contribution is -2.35. The normalized spacial score (nSPS) is 15.0. The van der Waals surface area contributed by atoms with Gasteiger partial charge in [0, 0.05) is 36.4 Å². The smallest absolute Gasteiger partial charge is 0.406 e. The lowest BCUT2D eigenvalue weighted by atomic mass is 10.1. The first-order valence-corrected chi connectivity index (χ1v) is 14.7. The van der Waals surface area contributed by atoms with E-state index in [0.717, 1.165) is 18.5 Å². The van der Waals surface area contributed by atoms with Crippen molar-refractivity contribution in [3.05, 3.63) is 48.2 Å². The second-order valence-electron chi connectivity index (χ2n) is 9.64. The number of benzene rings is 2. The molecule has 1 atom stereocenters. The number of hydrogen-bond donors (Lipinski definition) is 4. The molecule has 2 heterocycles. The van der Waals surface area contributed by atoms with Gasteiger partial charge in [-0.25, -0.2) is 0 Å². The van der Waals surface area contributed by atoms with E-state index in [1.165, 1.54) is 16.0 Å². The van der Waals surface area contributed by atoms with Gasteiger partial charge < -0.3 is 39.4 Å². The number of anilines is 2. The fourth-order valence-corrected chi connectivity index (χ4v) is 5.96. The first-order chi connectivity index (χ1) is 20.2. The number of alkyl halides is 3. The zero-order valence-corrected chi connectivity index (χ0v) is 24.1. The number of halogens is 3. The van der Waals surface area contributed by atoms with Gasteiger partial charge in [0.05, 0.1) is 68.2 Å². The number of fused-ring (bicyclic) bond motifs is 1. The lowest BCUT2D eigenvalue weighted by Gasteiger charge is -2.24. The maximum atomic E-state index is 13.5. The first kappa shape index (κ1) is 31.8. The van der Waals surface area contributed by atoms with Crippen LogP contribution in [0.2, 0.25) is 0 Å². The molecule has 1 fully saturated rings. The van der Waals surface area contributed by atoms with Crippen LogP contribution in [0.4, 0.5) is 24.5 Å². The number of aliphatic hydroxyl groups excluding tert-OH is 2. The SMILES string of the molecule is COc1cc([S+]([O-])N(CCO)CCO)ccc1NCC#Cc1cc2c(NC3CCOCC3)cccc2n1CC(F)(F)F. The molecule has 0 saturated carbocycles. The highest BCUT2D eigenvalue weighted by atomic mass is 32.2. The van der Waals surface area contributed by atoms with Gasteiger partial charge in [-0.2, -0.15) is 13.2 Å². The molecular weight excluding hydrogens is 573 g/mol. The Hall–Kier alpha value is -3.12. The maximum Gasteiger partial charge on any atom is 0.406 e. The van der Waals surface area contributed by atoms with Gasteiger partial charge >= 0.3 is 6.18 Å². The van der Waals surface area contributed by atoms with Crippen molar-refractivity contribution in [3.8, 4) is 17.6 Å². The van der Waals surface area contributed by atoms with E-state index in [0.29, 0.717) is 40.4 Å². The summed E-state index contributed by atoms with van der Waals surface area (Å²) in [6, 6.07) is 12.0. The van der Waals surface area contributed by atoms with Gasteiger partial charge in [-0.1, -0.05) is 12.0 Å². The van der Waals surface area contributed by atoms with Crippen LogP contribution in [-0.2, 0) is 22.6 Å². The standard InChI is InChI=1S/C29H35F3N4O5S/c1-40-28-19-23(42(39)35(12-14-37)13-15-38)7-8-26(28)33-11-3-4-22-18-24-25(34-21-9-16-41-17-10-21)5-2-6-27(24)36(22)20-29(30,31)32/h2,5-8,18-19,21,33-34,37-38H,9-17,20H2,1H3. The molecule has 0 amide bonds. The quantitative estimate of drug-likeness (QED) is 0.182. The van der Waals surface area contributed by atoms with Crippen LogP contribution in [-0.4, -0.2) is 89.0 Å². The van der Waals surface area contributed by atoms with Crippen molar-refractivity contribution >= 4 is 33.6 Å². The number of methoxy groups -OCH3 is 1. The molecule has 9 nitrogen and oxygen atoms in total. The largest absolute Gasteiger partial charge is 0.593 e. The van der Waals surface area contributed by atoms with Crippen molar-refractivity contribution < 1.29 is 37.4 Å². The van der Waals surface area contributed by atoms with Gasteiger partial charge in [-0.15, -0.1) is 4.31 Å². The summed E-state index contributed by atoms with van der Waals surface area (Å²) in [7, 11) is 1.46. The Labute approximate surface area is 245 Å². The number of rotatable bonds is 12. The molecule has 4 rings (SSSR count). The Kier molecular flexibility index (Phi) is 11.3. The van der Waals surface area contributed by atoms with Crippen molar-refractivity contribution in [1.29, 1.82) is 0 Å². The predicted octanol–water partition coefficient (Wildman–Crippen LogP) is 3.58. The summed E-state index contributed by atoms with van der Waals surface area (Å²) >= 11 is -1.63. The third-order valence-electron chi connectivity index (χ3n) is 6.76. The van der Waals surface area contributed by atoms with E-state index >= 15 is 0 Å². The molecule has 0 bridgehead atoms. The Morgan fingerprint density at radius 3 is 2.52 bits per heavy atom. The molecule has 0 spiro atoms. The molecule has 4 N–H and O–H groups in total. The van der Waals surface area contributed by atoms with Gasteiger partial charge in [-0.05, 0) is 49.1 Å².